The van der Waals surface area contributed by atoms with Crippen LogP contribution in [0.4, 0.5) is 0 Å². The molecule has 122 valence electrons. The fourth-order valence-corrected chi connectivity index (χ4v) is 3.24. The van der Waals surface area contributed by atoms with Gasteiger partial charge in [-0.2, -0.15) is 0 Å². The van der Waals surface area contributed by atoms with E-state index in [1.54, 1.807) is 18.6 Å². The average molecular weight is 320 g/mol. The highest BCUT2D eigenvalue weighted by Gasteiger charge is 2.22. The number of carbonyl (C=O) groups is 1. The summed E-state index contributed by atoms with van der Waals surface area (Å²) in [6, 6.07) is 7.82. The van der Waals surface area contributed by atoms with Crippen LogP contribution >= 0.6 is 0 Å². The zero-order valence-corrected chi connectivity index (χ0v) is 13.7. The molecule has 5 nitrogen and oxygen atoms in total. The molecule has 1 fully saturated rings. The Morgan fingerprint density at radius 3 is 2.79 bits per heavy atom. The van der Waals surface area contributed by atoms with Crippen LogP contribution in [-0.2, 0) is 0 Å². The monoisotopic (exact) mass is 320 g/mol. The van der Waals surface area contributed by atoms with Crippen LogP contribution in [0.2, 0.25) is 0 Å². The second-order valence-corrected chi connectivity index (χ2v) is 6.51. The van der Waals surface area contributed by atoms with Crippen LogP contribution in [0.25, 0.3) is 16.7 Å². The number of hydrogen-bond acceptors (Lipinski definition) is 3. The lowest BCUT2D eigenvalue weighted by atomic mass is 9.99. The maximum atomic E-state index is 12.7. The first-order valence-electron chi connectivity index (χ1n) is 8.39. The number of pyridine rings is 2. The zero-order chi connectivity index (χ0) is 16.5. The molecule has 0 radical (unpaired) electrons. The maximum Gasteiger partial charge on any atom is 0.255 e. The van der Waals surface area contributed by atoms with Gasteiger partial charge in [0.25, 0.3) is 5.91 Å². The lowest BCUT2D eigenvalue weighted by molar-refractivity contribution is 0.0697. The SMILES string of the molecule is CC1CCN(C(=O)c2cnc3c(ccn3-c3cccnc3)c2)CC1. The molecule has 0 atom stereocenters. The van der Waals surface area contributed by atoms with Crippen LogP contribution in [-0.4, -0.2) is 38.4 Å². The molecule has 0 N–H and O–H groups in total. The average Bonchev–Trinajstić information content (AvgIpc) is 3.05. The van der Waals surface area contributed by atoms with Crippen LogP contribution in [0.15, 0.2) is 49.1 Å². The minimum Gasteiger partial charge on any atom is -0.339 e. The summed E-state index contributed by atoms with van der Waals surface area (Å²) < 4.78 is 1.99. The summed E-state index contributed by atoms with van der Waals surface area (Å²) in [6.45, 7) is 3.93. The lowest BCUT2D eigenvalue weighted by Gasteiger charge is -2.30. The Balaban J connectivity index is 1.64. The molecule has 1 aliphatic rings. The van der Waals surface area contributed by atoms with Gasteiger partial charge in [-0.3, -0.25) is 14.3 Å². The summed E-state index contributed by atoms with van der Waals surface area (Å²) in [5.41, 5.74) is 2.47. The Morgan fingerprint density at radius 1 is 1.21 bits per heavy atom. The van der Waals surface area contributed by atoms with E-state index in [1.807, 2.05) is 39.9 Å². The predicted octanol–water partition coefficient (Wildman–Crippen LogP) is 3.29. The standard InChI is InChI=1S/C19H20N4O/c1-14-4-8-22(9-5-14)19(24)16-11-15-6-10-23(18(15)21-12-16)17-3-2-7-20-13-17/h2-3,6-7,10-14H,4-5,8-9H2,1H3. The summed E-state index contributed by atoms with van der Waals surface area (Å²) in [5.74, 6) is 0.800. The molecule has 4 heterocycles. The van der Waals surface area contributed by atoms with Gasteiger partial charge < -0.3 is 4.90 Å². The Bertz CT molecular complexity index is 863. The van der Waals surface area contributed by atoms with Gasteiger partial charge in [0.1, 0.15) is 5.65 Å². The summed E-state index contributed by atoms with van der Waals surface area (Å²) in [5, 5.41) is 0.968. The van der Waals surface area contributed by atoms with Crippen molar-refractivity contribution in [2.75, 3.05) is 13.1 Å². The van der Waals surface area contributed by atoms with E-state index in [4.69, 9.17) is 0 Å². The van der Waals surface area contributed by atoms with Gasteiger partial charge >= 0.3 is 0 Å². The molecule has 0 aromatic carbocycles. The van der Waals surface area contributed by atoms with Gasteiger partial charge in [-0.1, -0.05) is 6.92 Å². The minimum absolute atomic E-state index is 0.0884. The topological polar surface area (TPSA) is 51.0 Å². The second kappa shape index (κ2) is 6.07. The highest BCUT2D eigenvalue weighted by atomic mass is 16.2. The molecular weight excluding hydrogens is 300 g/mol. The molecule has 5 heteroatoms. The Labute approximate surface area is 140 Å². The Kier molecular flexibility index (Phi) is 3.76. The molecule has 4 rings (SSSR count). The summed E-state index contributed by atoms with van der Waals surface area (Å²) in [4.78, 5) is 23.3. The first-order valence-corrected chi connectivity index (χ1v) is 8.39. The molecule has 1 amide bonds. The van der Waals surface area contributed by atoms with Crippen molar-refractivity contribution in [3.63, 3.8) is 0 Å². The first-order chi connectivity index (χ1) is 11.7. The summed E-state index contributed by atoms with van der Waals surface area (Å²) >= 11 is 0. The van der Waals surface area contributed by atoms with Crippen LogP contribution in [0.3, 0.4) is 0 Å². The van der Waals surface area contributed by atoms with Gasteiger partial charge in [-0.15, -0.1) is 0 Å². The summed E-state index contributed by atoms with van der Waals surface area (Å²) in [7, 11) is 0. The third kappa shape index (κ3) is 2.66. The normalized spacial score (nSPS) is 15.8. The number of likely N-dealkylation sites (tertiary alicyclic amines) is 1. The van der Waals surface area contributed by atoms with Crippen molar-refractivity contribution >= 4 is 16.9 Å². The van der Waals surface area contributed by atoms with Gasteiger partial charge in [-0.25, -0.2) is 4.98 Å². The van der Waals surface area contributed by atoms with Crippen molar-refractivity contribution in [1.82, 2.24) is 19.4 Å². The number of fused-ring (bicyclic) bond motifs is 1. The largest absolute Gasteiger partial charge is 0.339 e. The van der Waals surface area contributed by atoms with Crippen molar-refractivity contribution in [3.8, 4) is 5.69 Å². The minimum atomic E-state index is 0.0884. The van der Waals surface area contributed by atoms with Crippen molar-refractivity contribution < 1.29 is 4.79 Å². The van der Waals surface area contributed by atoms with E-state index >= 15 is 0 Å². The van der Waals surface area contributed by atoms with Gasteiger partial charge in [0.2, 0.25) is 0 Å². The highest BCUT2D eigenvalue weighted by Crippen LogP contribution is 2.22. The molecule has 1 aliphatic heterocycles. The lowest BCUT2D eigenvalue weighted by Crippen LogP contribution is -2.37. The quantitative estimate of drug-likeness (QED) is 0.728. The number of nitrogens with zero attached hydrogens (tertiary/aromatic N) is 4. The molecule has 0 spiro atoms. The smallest absolute Gasteiger partial charge is 0.255 e. The van der Waals surface area contributed by atoms with Gasteiger partial charge in [-0.05, 0) is 43.0 Å². The highest BCUT2D eigenvalue weighted by molar-refractivity contribution is 5.97. The van der Waals surface area contributed by atoms with E-state index in [9.17, 15) is 4.79 Å². The van der Waals surface area contributed by atoms with E-state index in [0.29, 0.717) is 11.5 Å². The zero-order valence-electron chi connectivity index (χ0n) is 13.7. The number of carbonyl (C=O) groups excluding carboxylic acids is 1. The van der Waals surface area contributed by atoms with Gasteiger partial charge in [0, 0.05) is 37.1 Å². The van der Waals surface area contributed by atoms with E-state index in [-0.39, 0.29) is 5.91 Å². The van der Waals surface area contributed by atoms with E-state index < -0.39 is 0 Å². The Morgan fingerprint density at radius 2 is 2.04 bits per heavy atom. The van der Waals surface area contributed by atoms with E-state index in [0.717, 1.165) is 42.7 Å². The van der Waals surface area contributed by atoms with Gasteiger partial charge in [0.15, 0.2) is 0 Å². The maximum absolute atomic E-state index is 12.7. The summed E-state index contributed by atoms with van der Waals surface area (Å²) in [6.07, 6.45) is 9.37. The molecule has 0 saturated carbocycles. The molecular formula is C19H20N4O. The van der Waals surface area contributed by atoms with Crippen LogP contribution < -0.4 is 0 Å². The number of rotatable bonds is 2. The number of hydrogen-bond donors (Lipinski definition) is 0. The van der Waals surface area contributed by atoms with Crippen molar-refractivity contribution in [2.45, 2.75) is 19.8 Å². The second-order valence-electron chi connectivity index (χ2n) is 6.51. The fraction of sp³-hybridized carbons (Fsp3) is 0.316. The molecule has 0 unspecified atom stereocenters. The van der Waals surface area contributed by atoms with Crippen molar-refractivity contribution in [2.24, 2.45) is 5.92 Å². The number of aromatic nitrogens is 3. The molecule has 3 aromatic heterocycles. The van der Waals surface area contributed by atoms with Gasteiger partial charge in [0.05, 0.1) is 17.4 Å². The van der Waals surface area contributed by atoms with E-state index in [2.05, 4.69) is 16.9 Å². The van der Waals surface area contributed by atoms with Crippen LogP contribution in [0.5, 0.6) is 0 Å². The number of amides is 1. The molecule has 24 heavy (non-hydrogen) atoms. The molecule has 0 bridgehead atoms. The van der Waals surface area contributed by atoms with Crippen molar-refractivity contribution in [3.05, 3.63) is 54.6 Å². The van der Waals surface area contributed by atoms with Crippen LogP contribution in [0.1, 0.15) is 30.1 Å². The van der Waals surface area contributed by atoms with Crippen molar-refractivity contribution in [1.29, 1.82) is 0 Å². The molecule has 0 aliphatic carbocycles. The molecule has 1 saturated heterocycles. The first kappa shape index (κ1) is 14.9. The van der Waals surface area contributed by atoms with Crippen LogP contribution in [0, 0.1) is 5.92 Å². The predicted molar refractivity (Wildman–Crippen MR) is 93.2 cm³/mol. The Hall–Kier alpha value is -2.69. The third-order valence-electron chi connectivity index (χ3n) is 4.77. The molecule has 3 aromatic rings. The fourth-order valence-electron chi connectivity index (χ4n) is 3.24. The van der Waals surface area contributed by atoms with E-state index in [1.165, 1.54) is 0 Å². The number of piperidine rings is 1. The third-order valence-corrected chi connectivity index (χ3v) is 4.77.